The predicted octanol–water partition coefficient (Wildman–Crippen LogP) is 4.99. The van der Waals surface area contributed by atoms with Crippen LogP contribution in [0.1, 0.15) is 56.1 Å². The molecule has 6 heterocycles. The number of halogens is 2. The number of ether oxygens (including phenoxy) is 1. The quantitative estimate of drug-likeness (QED) is 0.377. The molecule has 224 valence electrons. The van der Waals surface area contributed by atoms with Crippen LogP contribution >= 0.6 is 0 Å². The normalized spacial score (nSPS) is 24.0. The maximum atomic E-state index is 16.6. The third kappa shape index (κ3) is 4.24. The molecule has 4 saturated heterocycles. The molecule has 4 fully saturated rings. The molecule has 0 unspecified atom stereocenters. The van der Waals surface area contributed by atoms with Crippen LogP contribution in [0.15, 0.2) is 36.8 Å². The average molecular weight is 587 g/mol. The first-order valence-corrected chi connectivity index (χ1v) is 15.7. The molecular formula is C33H36F2N6O2. The molecule has 0 spiro atoms. The molecule has 2 atom stereocenters. The Bertz CT molecular complexity index is 1640. The lowest BCUT2D eigenvalue weighted by atomic mass is 9.87. The van der Waals surface area contributed by atoms with E-state index in [1.54, 1.807) is 11.1 Å². The van der Waals surface area contributed by atoms with Gasteiger partial charge in [-0.25, -0.2) is 8.78 Å². The molecule has 3 aromatic rings. The molecule has 0 radical (unpaired) electrons. The summed E-state index contributed by atoms with van der Waals surface area (Å²) in [6, 6.07) is 6.03. The van der Waals surface area contributed by atoms with Gasteiger partial charge in [0.15, 0.2) is 11.6 Å². The van der Waals surface area contributed by atoms with E-state index < -0.39 is 17.6 Å². The summed E-state index contributed by atoms with van der Waals surface area (Å²) >= 11 is 0. The van der Waals surface area contributed by atoms with Crippen LogP contribution in [0.2, 0.25) is 0 Å². The molecule has 1 aliphatic carbocycles. The minimum absolute atomic E-state index is 0.00748. The summed E-state index contributed by atoms with van der Waals surface area (Å²) < 4.78 is 36.7. The van der Waals surface area contributed by atoms with Crippen molar-refractivity contribution in [2.75, 3.05) is 37.7 Å². The lowest BCUT2D eigenvalue weighted by Crippen LogP contribution is -2.63. The number of fused-ring (bicyclic) bond motifs is 4. The van der Waals surface area contributed by atoms with Crippen LogP contribution < -0.4 is 9.64 Å². The molecule has 1 aromatic carbocycles. The number of rotatable bonds is 6. The molecule has 4 aliphatic heterocycles. The van der Waals surface area contributed by atoms with Gasteiger partial charge in [0.1, 0.15) is 23.6 Å². The summed E-state index contributed by atoms with van der Waals surface area (Å²) in [5, 5.41) is 0.512. The first-order chi connectivity index (χ1) is 20.9. The van der Waals surface area contributed by atoms with Crippen molar-refractivity contribution in [3.05, 3.63) is 53.7 Å². The van der Waals surface area contributed by atoms with Gasteiger partial charge in [0, 0.05) is 24.8 Å². The summed E-state index contributed by atoms with van der Waals surface area (Å²) in [4.78, 5) is 32.7. The van der Waals surface area contributed by atoms with Gasteiger partial charge in [-0.05, 0) is 82.0 Å². The average Bonchev–Trinajstić information content (AvgIpc) is 3.68. The summed E-state index contributed by atoms with van der Waals surface area (Å²) in [6.45, 7) is 6.72. The number of hydrogen-bond acceptors (Lipinski definition) is 7. The molecule has 10 heteroatoms. The minimum atomic E-state index is -0.948. The Hall–Kier alpha value is -3.66. The Morgan fingerprint density at radius 1 is 1.07 bits per heavy atom. The monoisotopic (exact) mass is 586 g/mol. The predicted molar refractivity (Wildman–Crippen MR) is 159 cm³/mol. The highest BCUT2D eigenvalue weighted by atomic mass is 19.1. The van der Waals surface area contributed by atoms with E-state index in [0.29, 0.717) is 43.0 Å². The van der Waals surface area contributed by atoms with Crippen LogP contribution in [0.5, 0.6) is 6.01 Å². The summed E-state index contributed by atoms with van der Waals surface area (Å²) in [7, 11) is 0. The van der Waals surface area contributed by atoms with Gasteiger partial charge < -0.3 is 14.5 Å². The van der Waals surface area contributed by atoms with Gasteiger partial charge in [-0.1, -0.05) is 24.8 Å². The molecule has 5 aliphatic rings. The van der Waals surface area contributed by atoms with Crippen molar-refractivity contribution in [3.63, 3.8) is 0 Å². The van der Waals surface area contributed by atoms with Crippen molar-refractivity contribution in [2.24, 2.45) is 0 Å². The Balaban J connectivity index is 1.19. The highest BCUT2D eigenvalue weighted by Crippen LogP contribution is 2.43. The third-order valence-electron chi connectivity index (χ3n) is 10.6. The fraction of sp³-hybridized carbons (Fsp3) is 0.515. The zero-order chi connectivity index (χ0) is 29.3. The topological polar surface area (TPSA) is 74.7 Å². The van der Waals surface area contributed by atoms with Crippen LogP contribution in [0, 0.1) is 5.82 Å². The van der Waals surface area contributed by atoms with Crippen molar-refractivity contribution in [3.8, 4) is 17.3 Å². The highest BCUT2D eigenvalue weighted by Gasteiger charge is 2.50. The fourth-order valence-electron chi connectivity index (χ4n) is 8.43. The van der Waals surface area contributed by atoms with Gasteiger partial charge in [-0.2, -0.15) is 9.97 Å². The van der Waals surface area contributed by atoms with Crippen LogP contribution in [0.4, 0.5) is 14.6 Å². The number of anilines is 1. The van der Waals surface area contributed by atoms with E-state index in [1.807, 2.05) is 12.1 Å². The van der Waals surface area contributed by atoms with E-state index >= 15 is 4.39 Å². The number of aromatic nitrogens is 3. The highest BCUT2D eigenvalue weighted by molar-refractivity contribution is 5.94. The molecule has 8 nitrogen and oxygen atoms in total. The number of aryl methyl sites for hydroxylation is 1. The zero-order valence-corrected chi connectivity index (χ0v) is 24.3. The van der Waals surface area contributed by atoms with Gasteiger partial charge in [0.05, 0.1) is 23.0 Å². The standard InChI is InChI=1S/C33H36F2N6O2/c1-20(34)31(42)40-16-11-25-26(40)18-41(25)30-24-17-36-28(23-10-4-8-21-7-2-3-9-22(21)23)27(35)29(24)37-32(38-30)43-19-33-12-5-14-39(33)15-6-13-33/h4,8,10,17,25-26H,1-3,5-7,9,11-16,18-19H2/t25-,26-/m1/s1. The SMILES string of the molecule is C=C(F)C(=O)N1CC[C@@H]2[C@H]1CN2c1nc(OCC23CCCN2CCC3)nc2c(F)c(-c3cccc4c3CCCC4)ncc12. The van der Waals surface area contributed by atoms with Crippen molar-refractivity contribution in [1.29, 1.82) is 0 Å². The van der Waals surface area contributed by atoms with Crippen LogP contribution in [0.25, 0.3) is 22.2 Å². The maximum absolute atomic E-state index is 16.6. The first-order valence-electron chi connectivity index (χ1n) is 15.7. The largest absolute Gasteiger partial charge is 0.461 e. The lowest BCUT2D eigenvalue weighted by Gasteiger charge is -2.47. The lowest BCUT2D eigenvalue weighted by molar-refractivity contribution is -0.130. The van der Waals surface area contributed by atoms with Crippen molar-refractivity contribution < 1.29 is 18.3 Å². The molecular weight excluding hydrogens is 550 g/mol. The summed E-state index contributed by atoms with van der Waals surface area (Å²) in [5.41, 5.74) is 3.74. The van der Waals surface area contributed by atoms with Gasteiger partial charge in [-0.15, -0.1) is 0 Å². The number of pyridine rings is 1. The molecule has 0 saturated carbocycles. The second-order valence-corrected chi connectivity index (χ2v) is 12.8. The first kappa shape index (κ1) is 26.9. The van der Waals surface area contributed by atoms with Gasteiger partial charge in [-0.3, -0.25) is 14.7 Å². The smallest absolute Gasteiger partial charge is 0.319 e. The molecule has 1 amide bonds. The summed E-state index contributed by atoms with van der Waals surface area (Å²) in [5.74, 6) is -1.53. The van der Waals surface area contributed by atoms with Crippen molar-refractivity contribution in [1.82, 2.24) is 24.8 Å². The Morgan fingerprint density at radius 3 is 2.70 bits per heavy atom. The number of amides is 1. The second-order valence-electron chi connectivity index (χ2n) is 12.8. The van der Waals surface area contributed by atoms with Gasteiger partial charge in [0.2, 0.25) is 0 Å². The molecule has 8 rings (SSSR count). The Labute approximate surface area is 249 Å². The number of hydrogen-bond donors (Lipinski definition) is 0. The second kappa shape index (κ2) is 10.2. The number of benzene rings is 1. The Morgan fingerprint density at radius 2 is 1.88 bits per heavy atom. The minimum Gasteiger partial charge on any atom is -0.461 e. The number of nitrogens with zero attached hydrogens (tertiary/aromatic N) is 6. The van der Waals surface area contributed by atoms with E-state index in [4.69, 9.17) is 9.72 Å². The van der Waals surface area contributed by atoms with E-state index in [9.17, 15) is 9.18 Å². The van der Waals surface area contributed by atoms with Crippen molar-refractivity contribution in [2.45, 2.75) is 75.4 Å². The van der Waals surface area contributed by atoms with E-state index in [1.165, 1.54) is 11.1 Å². The van der Waals surface area contributed by atoms with E-state index in [0.717, 1.165) is 70.0 Å². The van der Waals surface area contributed by atoms with Crippen molar-refractivity contribution >= 4 is 22.6 Å². The van der Waals surface area contributed by atoms with Gasteiger partial charge in [0.25, 0.3) is 5.91 Å². The van der Waals surface area contributed by atoms with E-state index in [2.05, 4.69) is 32.4 Å². The van der Waals surface area contributed by atoms with E-state index in [-0.39, 0.29) is 29.1 Å². The third-order valence-corrected chi connectivity index (χ3v) is 10.6. The van der Waals surface area contributed by atoms with Crippen LogP contribution in [-0.4, -0.2) is 81.1 Å². The molecule has 43 heavy (non-hydrogen) atoms. The van der Waals surface area contributed by atoms with Gasteiger partial charge >= 0.3 is 6.01 Å². The molecule has 0 N–H and O–H groups in total. The number of carbonyl (C=O) groups is 1. The fourth-order valence-corrected chi connectivity index (χ4v) is 8.43. The number of likely N-dealkylation sites (tertiary alicyclic amines) is 1. The zero-order valence-electron chi connectivity index (χ0n) is 24.3. The van der Waals surface area contributed by atoms with Crippen LogP contribution in [0.3, 0.4) is 0 Å². The maximum Gasteiger partial charge on any atom is 0.319 e. The number of carbonyl (C=O) groups excluding carboxylic acids is 1. The van der Waals surface area contributed by atoms with Crippen LogP contribution in [-0.2, 0) is 17.6 Å². The Kier molecular flexibility index (Phi) is 6.40. The molecule has 2 aromatic heterocycles. The molecule has 0 bridgehead atoms. The summed E-state index contributed by atoms with van der Waals surface area (Å²) in [6.07, 6.45) is 10.9.